The molecule has 114 valence electrons. The standard InChI is InChI=1S/C14H24N2O3S/c1-4-10-15-13-8-6-7-9-14(13)20(17,18)16-11-12(3)19-5-2/h6-9,12,15-16H,4-5,10-11H2,1-3H3. The summed E-state index contributed by atoms with van der Waals surface area (Å²) in [6.07, 6.45) is 0.786. The second-order valence-corrected chi connectivity index (χ2v) is 6.28. The summed E-state index contributed by atoms with van der Waals surface area (Å²) in [5, 5.41) is 3.13. The van der Waals surface area contributed by atoms with Crippen molar-refractivity contribution in [1.82, 2.24) is 4.72 Å². The third-order valence-electron chi connectivity index (χ3n) is 2.75. The SMILES string of the molecule is CCCNc1ccccc1S(=O)(=O)NCC(C)OCC. The number of hydrogen-bond acceptors (Lipinski definition) is 4. The van der Waals surface area contributed by atoms with E-state index in [1.165, 1.54) is 0 Å². The van der Waals surface area contributed by atoms with Gasteiger partial charge >= 0.3 is 0 Å². The van der Waals surface area contributed by atoms with E-state index in [4.69, 9.17) is 4.74 Å². The van der Waals surface area contributed by atoms with Crippen LogP contribution in [0.5, 0.6) is 0 Å². The molecule has 0 bridgehead atoms. The third-order valence-corrected chi connectivity index (χ3v) is 4.24. The fourth-order valence-corrected chi connectivity index (χ4v) is 3.05. The first-order valence-electron chi connectivity index (χ1n) is 6.95. The van der Waals surface area contributed by atoms with Crippen molar-refractivity contribution in [1.29, 1.82) is 0 Å². The highest BCUT2D eigenvalue weighted by atomic mass is 32.2. The minimum absolute atomic E-state index is 0.148. The van der Waals surface area contributed by atoms with Crippen LogP contribution in [0.2, 0.25) is 0 Å². The summed E-state index contributed by atoms with van der Waals surface area (Å²) in [7, 11) is -3.53. The minimum Gasteiger partial charge on any atom is -0.384 e. The van der Waals surface area contributed by atoms with Crippen molar-refractivity contribution in [2.24, 2.45) is 0 Å². The molecule has 0 heterocycles. The highest BCUT2D eigenvalue weighted by Gasteiger charge is 2.18. The Labute approximate surface area is 121 Å². The van der Waals surface area contributed by atoms with Gasteiger partial charge in [-0.15, -0.1) is 0 Å². The highest BCUT2D eigenvalue weighted by Crippen LogP contribution is 2.20. The van der Waals surface area contributed by atoms with Gasteiger partial charge in [0.05, 0.1) is 11.8 Å². The van der Waals surface area contributed by atoms with Crippen LogP contribution in [0, 0.1) is 0 Å². The zero-order valence-corrected chi connectivity index (χ0v) is 13.2. The predicted octanol–water partition coefficient (Wildman–Crippen LogP) is 2.21. The molecule has 0 aliphatic heterocycles. The molecule has 1 aromatic carbocycles. The van der Waals surface area contributed by atoms with E-state index in [0.29, 0.717) is 12.3 Å². The molecule has 6 heteroatoms. The van der Waals surface area contributed by atoms with Crippen molar-refractivity contribution >= 4 is 15.7 Å². The summed E-state index contributed by atoms with van der Waals surface area (Å²) in [6.45, 7) is 7.33. The molecule has 0 aliphatic carbocycles. The van der Waals surface area contributed by atoms with Crippen molar-refractivity contribution < 1.29 is 13.2 Å². The Morgan fingerprint density at radius 2 is 1.95 bits per heavy atom. The molecule has 0 spiro atoms. The number of nitrogens with one attached hydrogen (secondary N) is 2. The molecule has 0 aliphatic rings. The molecule has 1 unspecified atom stereocenters. The van der Waals surface area contributed by atoms with Crippen LogP contribution >= 0.6 is 0 Å². The van der Waals surface area contributed by atoms with E-state index in [1.54, 1.807) is 18.2 Å². The summed E-state index contributed by atoms with van der Waals surface area (Å²) in [5.41, 5.74) is 0.630. The van der Waals surface area contributed by atoms with Gasteiger partial charge in [-0.25, -0.2) is 13.1 Å². The Bertz CT molecular complexity index is 503. The van der Waals surface area contributed by atoms with Gasteiger partial charge in [-0.2, -0.15) is 0 Å². The molecule has 20 heavy (non-hydrogen) atoms. The zero-order valence-electron chi connectivity index (χ0n) is 12.3. The molecular weight excluding hydrogens is 276 g/mol. The molecule has 0 radical (unpaired) electrons. The van der Waals surface area contributed by atoms with Crippen molar-refractivity contribution in [3.8, 4) is 0 Å². The number of hydrogen-bond donors (Lipinski definition) is 2. The molecule has 0 aromatic heterocycles. The van der Waals surface area contributed by atoms with Crippen LogP contribution in [-0.4, -0.2) is 34.2 Å². The maximum absolute atomic E-state index is 12.3. The molecule has 0 saturated heterocycles. The number of anilines is 1. The van der Waals surface area contributed by atoms with Crippen molar-refractivity contribution in [2.45, 2.75) is 38.2 Å². The summed E-state index contributed by atoms with van der Waals surface area (Å²) in [4.78, 5) is 0.275. The molecule has 2 N–H and O–H groups in total. The predicted molar refractivity (Wildman–Crippen MR) is 81.5 cm³/mol. The maximum Gasteiger partial charge on any atom is 0.242 e. The number of rotatable bonds is 9. The minimum atomic E-state index is -3.53. The van der Waals surface area contributed by atoms with Gasteiger partial charge < -0.3 is 10.1 Å². The van der Waals surface area contributed by atoms with E-state index < -0.39 is 10.0 Å². The van der Waals surface area contributed by atoms with Crippen LogP contribution in [0.3, 0.4) is 0 Å². The Kier molecular flexibility index (Phi) is 6.98. The van der Waals surface area contributed by atoms with Crippen LogP contribution in [0.25, 0.3) is 0 Å². The first-order chi connectivity index (χ1) is 9.51. The van der Waals surface area contributed by atoms with E-state index in [9.17, 15) is 8.42 Å². The van der Waals surface area contributed by atoms with E-state index in [-0.39, 0.29) is 17.5 Å². The van der Waals surface area contributed by atoms with Gasteiger partial charge in [-0.1, -0.05) is 19.1 Å². The van der Waals surface area contributed by atoms with E-state index in [0.717, 1.165) is 13.0 Å². The molecule has 1 atom stereocenters. The lowest BCUT2D eigenvalue weighted by Crippen LogP contribution is -2.32. The largest absolute Gasteiger partial charge is 0.384 e. The first-order valence-corrected chi connectivity index (χ1v) is 8.43. The summed E-state index contributed by atoms with van der Waals surface area (Å²) >= 11 is 0. The normalized spacial score (nSPS) is 13.2. The fourth-order valence-electron chi connectivity index (χ4n) is 1.75. The van der Waals surface area contributed by atoms with Crippen LogP contribution in [0.1, 0.15) is 27.2 Å². The van der Waals surface area contributed by atoms with Gasteiger partial charge in [0.2, 0.25) is 10.0 Å². The Balaban J connectivity index is 2.81. The van der Waals surface area contributed by atoms with E-state index >= 15 is 0 Å². The average Bonchev–Trinajstić information content (AvgIpc) is 2.44. The topological polar surface area (TPSA) is 67.4 Å². The highest BCUT2D eigenvalue weighted by molar-refractivity contribution is 7.89. The van der Waals surface area contributed by atoms with Crippen LogP contribution in [0.4, 0.5) is 5.69 Å². The van der Waals surface area contributed by atoms with E-state index in [2.05, 4.69) is 10.0 Å². The first kappa shape index (κ1) is 16.9. The molecule has 1 aromatic rings. The molecule has 0 saturated carbocycles. The lowest BCUT2D eigenvalue weighted by molar-refractivity contribution is 0.0799. The van der Waals surface area contributed by atoms with E-state index in [1.807, 2.05) is 26.8 Å². The van der Waals surface area contributed by atoms with Crippen molar-refractivity contribution in [2.75, 3.05) is 25.0 Å². The van der Waals surface area contributed by atoms with Gasteiger partial charge in [0.15, 0.2) is 0 Å². The molecular formula is C14H24N2O3S. The van der Waals surface area contributed by atoms with Crippen molar-refractivity contribution in [3.63, 3.8) is 0 Å². The van der Waals surface area contributed by atoms with Gasteiger partial charge in [0, 0.05) is 19.7 Å². The quantitative estimate of drug-likeness (QED) is 0.734. The summed E-state index contributed by atoms with van der Waals surface area (Å²) in [5.74, 6) is 0. The number of benzene rings is 1. The van der Waals surface area contributed by atoms with Gasteiger partial charge in [-0.05, 0) is 32.4 Å². The number of sulfonamides is 1. The lowest BCUT2D eigenvalue weighted by Gasteiger charge is -2.15. The number of para-hydroxylation sites is 1. The monoisotopic (exact) mass is 300 g/mol. The average molecular weight is 300 g/mol. The van der Waals surface area contributed by atoms with Crippen molar-refractivity contribution in [3.05, 3.63) is 24.3 Å². The van der Waals surface area contributed by atoms with Gasteiger partial charge in [0.25, 0.3) is 0 Å². The Morgan fingerprint density at radius 3 is 2.60 bits per heavy atom. The fraction of sp³-hybridized carbons (Fsp3) is 0.571. The Morgan fingerprint density at radius 1 is 1.25 bits per heavy atom. The lowest BCUT2D eigenvalue weighted by atomic mass is 10.3. The van der Waals surface area contributed by atoms with Gasteiger partial charge in [0.1, 0.15) is 4.90 Å². The summed E-state index contributed by atoms with van der Waals surface area (Å²) < 4.78 is 32.5. The van der Waals surface area contributed by atoms with Crippen LogP contribution in [-0.2, 0) is 14.8 Å². The smallest absolute Gasteiger partial charge is 0.242 e. The third kappa shape index (κ3) is 5.11. The maximum atomic E-state index is 12.3. The molecule has 5 nitrogen and oxygen atoms in total. The molecule has 0 amide bonds. The number of ether oxygens (including phenoxy) is 1. The molecule has 1 rings (SSSR count). The molecule has 0 fully saturated rings. The second kappa shape index (κ2) is 8.24. The zero-order chi connectivity index (χ0) is 15.0. The second-order valence-electron chi connectivity index (χ2n) is 4.54. The van der Waals surface area contributed by atoms with Crippen LogP contribution in [0.15, 0.2) is 29.2 Å². The summed E-state index contributed by atoms with van der Waals surface area (Å²) in [6, 6.07) is 6.92. The van der Waals surface area contributed by atoms with Crippen LogP contribution < -0.4 is 10.0 Å². The van der Waals surface area contributed by atoms with Gasteiger partial charge in [-0.3, -0.25) is 0 Å². The Hall–Kier alpha value is -1.11.